The average Bonchev–Trinajstić information content (AvgIpc) is 2.87. The highest BCUT2D eigenvalue weighted by molar-refractivity contribution is 7.10. The van der Waals surface area contributed by atoms with E-state index in [9.17, 15) is 5.11 Å². The Bertz CT molecular complexity index is 457. The lowest BCUT2D eigenvalue weighted by Gasteiger charge is -2.18. The second kappa shape index (κ2) is 4.24. The predicted molar refractivity (Wildman–Crippen MR) is 67.0 cm³/mol. The van der Waals surface area contributed by atoms with Crippen LogP contribution in [0.1, 0.15) is 42.3 Å². The zero-order valence-electron chi connectivity index (χ0n) is 9.47. The molecule has 2 heterocycles. The Morgan fingerprint density at radius 2 is 2.12 bits per heavy atom. The summed E-state index contributed by atoms with van der Waals surface area (Å²) in [6.07, 6.45) is -0.589. The number of aromatic nitrogens is 2. The van der Waals surface area contributed by atoms with E-state index in [1.807, 2.05) is 17.5 Å². The van der Waals surface area contributed by atoms with Crippen LogP contribution in [0.15, 0.2) is 17.5 Å². The molecule has 0 aliphatic heterocycles. The summed E-state index contributed by atoms with van der Waals surface area (Å²) in [5.74, 6) is 0. The van der Waals surface area contributed by atoms with Gasteiger partial charge in [0.15, 0.2) is 0 Å². The summed E-state index contributed by atoms with van der Waals surface area (Å²) >= 11 is 2.83. The first kappa shape index (κ1) is 11.7. The summed E-state index contributed by atoms with van der Waals surface area (Å²) in [7, 11) is 0. The van der Waals surface area contributed by atoms with Crippen molar-refractivity contribution in [1.82, 2.24) is 9.59 Å². The summed E-state index contributed by atoms with van der Waals surface area (Å²) in [5.41, 5.74) is 0.805. The molecule has 0 spiro atoms. The third kappa shape index (κ3) is 2.16. The summed E-state index contributed by atoms with van der Waals surface area (Å²) in [6, 6.07) is 3.87. The molecule has 0 radical (unpaired) electrons. The molecule has 0 fully saturated rings. The molecule has 1 unspecified atom stereocenters. The minimum Gasteiger partial charge on any atom is -0.382 e. The van der Waals surface area contributed by atoms with Gasteiger partial charge in [-0.3, -0.25) is 0 Å². The molecular formula is C11H14N2OS2. The van der Waals surface area contributed by atoms with Gasteiger partial charge in [0.05, 0.1) is 10.6 Å². The zero-order valence-corrected chi connectivity index (χ0v) is 11.1. The van der Waals surface area contributed by atoms with Crippen LogP contribution >= 0.6 is 22.9 Å². The van der Waals surface area contributed by atoms with Gasteiger partial charge in [-0.25, -0.2) is 0 Å². The van der Waals surface area contributed by atoms with Gasteiger partial charge in [-0.2, -0.15) is 0 Å². The fraction of sp³-hybridized carbons (Fsp3) is 0.455. The topological polar surface area (TPSA) is 46.0 Å². The third-order valence-corrected chi connectivity index (χ3v) is 3.99. The van der Waals surface area contributed by atoms with Crippen LogP contribution in [0.25, 0.3) is 0 Å². The molecule has 5 heteroatoms. The quantitative estimate of drug-likeness (QED) is 0.896. The molecule has 86 valence electrons. The predicted octanol–water partition coefficient (Wildman–Crippen LogP) is 2.98. The Kier molecular flexibility index (Phi) is 3.10. The molecule has 2 aromatic heterocycles. The number of aliphatic hydroxyl groups excluding tert-OH is 1. The summed E-state index contributed by atoms with van der Waals surface area (Å²) < 4.78 is 3.96. The standard InChI is InChI=1S/C11H14N2OS2/c1-11(2,3)10-9(16-13-12-10)8(14)7-5-4-6-15-7/h4-6,8,14H,1-3H3. The third-order valence-electron chi connectivity index (χ3n) is 2.28. The Hall–Kier alpha value is -0.780. The van der Waals surface area contributed by atoms with E-state index >= 15 is 0 Å². The van der Waals surface area contributed by atoms with Crippen molar-refractivity contribution in [1.29, 1.82) is 0 Å². The van der Waals surface area contributed by atoms with Crippen molar-refractivity contribution in [2.45, 2.75) is 32.3 Å². The number of thiophene rings is 1. The molecule has 0 aliphatic rings. The molecule has 0 saturated heterocycles. The molecule has 2 rings (SSSR count). The maximum absolute atomic E-state index is 10.3. The van der Waals surface area contributed by atoms with Crippen LogP contribution in [0.3, 0.4) is 0 Å². The van der Waals surface area contributed by atoms with Crippen LogP contribution in [0.4, 0.5) is 0 Å². The molecule has 0 bridgehead atoms. The second-order valence-corrected chi connectivity index (χ2v) is 6.42. The van der Waals surface area contributed by atoms with Crippen molar-refractivity contribution in [3.8, 4) is 0 Å². The van der Waals surface area contributed by atoms with Gasteiger partial charge in [-0.15, -0.1) is 16.4 Å². The average molecular weight is 254 g/mol. The highest BCUT2D eigenvalue weighted by Gasteiger charge is 2.27. The lowest BCUT2D eigenvalue weighted by Crippen LogP contribution is -2.15. The van der Waals surface area contributed by atoms with Crippen LogP contribution < -0.4 is 0 Å². The van der Waals surface area contributed by atoms with E-state index in [2.05, 4.69) is 30.4 Å². The summed E-state index contributed by atoms with van der Waals surface area (Å²) in [5, 5.41) is 16.3. The maximum atomic E-state index is 10.3. The van der Waals surface area contributed by atoms with Gasteiger partial charge in [0.1, 0.15) is 6.10 Å². The minimum atomic E-state index is -0.589. The second-order valence-electron chi connectivity index (χ2n) is 4.65. The van der Waals surface area contributed by atoms with E-state index in [0.29, 0.717) is 0 Å². The lowest BCUT2D eigenvalue weighted by molar-refractivity contribution is 0.225. The highest BCUT2D eigenvalue weighted by Crippen LogP contribution is 2.34. The normalized spacial score (nSPS) is 14.0. The molecule has 0 aromatic carbocycles. The number of aliphatic hydroxyl groups is 1. The van der Waals surface area contributed by atoms with E-state index in [1.165, 1.54) is 11.5 Å². The fourth-order valence-corrected chi connectivity index (χ4v) is 3.14. The van der Waals surface area contributed by atoms with Crippen molar-refractivity contribution in [3.05, 3.63) is 33.0 Å². The van der Waals surface area contributed by atoms with E-state index in [4.69, 9.17) is 0 Å². The van der Waals surface area contributed by atoms with Gasteiger partial charge in [-0.05, 0) is 23.0 Å². The molecule has 16 heavy (non-hydrogen) atoms. The molecule has 3 nitrogen and oxygen atoms in total. The molecule has 2 aromatic rings. The largest absolute Gasteiger partial charge is 0.382 e. The summed E-state index contributed by atoms with van der Waals surface area (Å²) in [6.45, 7) is 6.23. The van der Waals surface area contributed by atoms with Gasteiger partial charge in [0.25, 0.3) is 0 Å². The van der Waals surface area contributed by atoms with Crippen LogP contribution in [0.5, 0.6) is 0 Å². The van der Waals surface area contributed by atoms with E-state index < -0.39 is 6.10 Å². The smallest absolute Gasteiger partial charge is 0.126 e. The fourth-order valence-electron chi connectivity index (χ4n) is 1.47. The number of hydrogen-bond acceptors (Lipinski definition) is 5. The van der Waals surface area contributed by atoms with Crippen molar-refractivity contribution in [3.63, 3.8) is 0 Å². The first-order valence-corrected chi connectivity index (χ1v) is 6.69. The van der Waals surface area contributed by atoms with Crippen LogP contribution in [0.2, 0.25) is 0 Å². The van der Waals surface area contributed by atoms with Crippen molar-refractivity contribution in [2.24, 2.45) is 0 Å². The lowest BCUT2D eigenvalue weighted by atomic mass is 9.90. The van der Waals surface area contributed by atoms with Crippen molar-refractivity contribution in [2.75, 3.05) is 0 Å². The molecule has 0 aliphatic carbocycles. The summed E-state index contributed by atoms with van der Waals surface area (Å²) in [4.78, 5) is 1.80. The molecule has 1 N–H and O–H groups in total. The SMILES string of the molecule is CC(C)(C)c1nnsc1C(O)c1cccs1. The number of rotatable bonds is 2. The molecule has 0 saturated carbocycles. The monoisotopic (exact) mass is 254 g/mol. The molecular weight excluding hydrogens is 240 g/mol. The van der Waals surface area contributed by atoms with Crippen LogP contribution in [0, 0.1) is 0 Å². The van der Waals surface area contributed by atoms with Crippen molar-refractivity contribution >= 4 is 22.9 Å². The highest BCUT2D eigenvalue weighted by atomic mass is 32.1. The molecule has 1 atom stereocenters. The Morgan fingerprint density at radius 1 is 1.38 bits per heavy atom. The Morgan fingerprint density at radius 3 is 2.69 bits per heavy atom. The minimum absolute atomic E-state index is 0.0828. The van der Waals surface area contributed by atoms with Gasteiger partial charge in [0.2, 0.25) is 0 Å². The number of hydrogen-bond donors (Lipinski definition) is 1. The van der Waals surface area contributed by atoms with Gasteiger partial charge in [-0.1, -0.05) is 31.3 Å². The van der Waals surface area contributed by atoms with Crippen molar-refractivity contribution < 1.29 is 5.11 Å². The first-order chi connectivity index (χ1) is 7.50. The number of nitrogens with zero attached hydrogens (tertiary/aromatic N) is 2. The molecule has 0 amide bonds. The first-order valence-electron chi connectivity index (χ1n) is 5.04. The van der Waals surface area contributed by atoms with Gasteiger partial charge < -0.3 is 5.11 Å². The van der Waals surface area contributed by atoms with Gasteiger partial charge >= 0.3 is 0 Å². The van der Waals surface area contributed by atoms with Crippen LogP contribution in [-0.4, -0.2) is 14.7 Å². The van der Waals surface area contributed by atoms with Gasteiger partial charge in [0, 0.05) is 10.3 Å². The van der Waals surface area contributed by atoms with E-state index in [-0.39, 0.29) is 5.41 Å². The van der Waals surface area contributed by atoms with E-state index in [0.717, 1.165) is 15.4 Å². The maximum Gasteiger partial charge on any atom is 0.126 e. The Labute approximate surface area is 103 Å². The zero-order chi connectivity index (χ0) is 11.8. The van der Waals surface area contributed by atoms with Crippen LogP contribution in [-0.2, 0) is 5.41 Å². The van der Waals surface area contributed by atoms with E-state index in [1.54, 1.807) is 11.3 Å². The Balaban J connectivity index is 2.38.